The Morgan fingerprint density at radius 1 is 1.03 bits per heavy atom. The van der Waals surface area contributed by atoms with Gasteiger partial charge in [-0.3, -0.25) is 9.80 Å². The lowest BCUT2D eigenvalue weighted by atomic mass is 9.86. The Labute approximate surface area is 208 Å². The van der Waals surface area contributed by atoms with Crippen molar-refractivity contribution in [1.82, 2.24) is 9.80 Å². The zero-order valence-corrected chi connectivity index (χ0v) is 21.2. The molecular weight excluding hydrogens is 440 g/mol. The molecule has 0 amide bonds. The van der Waals surface area contributed by atoms with Crippen LogP contribution in [0.5, 0.6) is 11.5 Å². The topological polar surface area (TPSA) is 49.8 Å². The maximum atomic E-state index is 6.02. The number of ether oxygens (including phenoxy) is 2. The highest BCUT2D eigenvalue weighted by Crippen LogP contribution is 2.41. The Kier molecular flexibility index (Phi) is 6.97. The minimum Gasteiger partial charge on any atom is -0.493 e. The van der Waals surface area contributed by atoms with Crippen LogP contribution >= 0.6 is 0 Å². The molecule has 186 valence electrons. The highest BCUT2D eigenvalue weighted by molar-refractivity contribution is 6.09. The lowest BCUT2D eigenvalue weighted by molar-refractivity contribution is 0.0195. The molecule has 35 heavy (non-hydrogen) atoms. The number of fused-ring (bicyclic) bond motifs is 3. The molecule has 7 nitrogen and oxygen atoms in total. The fourth-order valence-corrected chi connectivity index (χ4v) is 5.45. The van der Waals surface area contributed by atoms with Crippen molar-refractivity contribution in [2.75, 3.05) is 72.0 Å². The number of nitrogens with zero attached hydrogens (tertiary/aromatic N) is 4. The zero-order chi connectivity index (χ0) is 24.4. The molecule has 0 radical (unpaired) electrons. The number of methoxy groups -OCH3 is 2. The number of hydrogen-bond acceptors (Lipinski definition) is 7. The van der Waals surface area contributed by atoms with Crippen LogP contribution in [-0.4, -0.2) is 88.7 Å². The Hall–Kier alpha value is -3.03. The highest BCUT2D eigenvalue weighted by Gasteiger charge is 2.42. The van der Waals surface area contributed by atoms with Gasteiger partial charge in [-0.2, -0.15) is 0 Å². The van der Waals surface area contributed by atoms with Gasteiger partial charge in [0.1, 0.15) is 6.10 Å². The summed E-state index contributed by atoms with van der Waals surface area (Å²) < 4.78 is 11.1. The van der Waals surface area contributed by atoms with Gasteiger partial charge in [-0.15, -0.1) is 0 Å². The van der Waals surface area contributed by atoms with Gasteiger partial charge in [0.2, 0.25) is 0 Å². The summed E-state index contributed by atoms with van der Waals surface area (Å²) >= 11 is 0. The second-order valence-electron chi connectivity index (χ2n) is 9.81. The van der Waals surface area contributed by atoms with Gasteiger partial charge in [-0.05, 0) is 18.6 Å². The van der Waals surface area contributed by atoms with Gasteiger partial charge in [0.15, 0.2) is 11.5 Å². The second kappa shape index (κ2) is 10.3. The first-order valence-electron chi connectivity index (χ1n) is 12.4. The van der Waals surface area contributed by atoms with Crippen LogP contribution in [0.1, 0.15) is 18.1 Å². The van der Waals surface area contributed by atoms with E-state index < -0.39 is 0 Å². The summed E-state index contributed by atoms with van der Waals surface area (Å²) in [6, 6.07) is 14.6. The predicted molar refractivity (Wildman–Crippen MR) is 141 cm³/mol. The van der Waals surface area contributed by atoms with Crippen LogP contribution in [0.4, 0.5) is 5.69 Å². The quantitative estimate of drug-likeness (QED) is 0.609. The van der Waals surface area contributed by atoms with E-state index in [-0.39, 0.29) is 12.0 Å². The largest absolute Gasteiger partial charge is 0.493 e. The van der Waals surface area contributed by atoms with Crippen LogP contribution in [0.3, 0.4) is 0 Å². The maximum absolute atomic E-state index is 6.02. The maximum Gasteiger partial charge on any atom is 0.162 e. The molecule has 1 fully saturated rings. The number of benzene rings is 2. The van der Waals surface area contributed by atoms with Crippen molar-refractivity contribution < 1.29 is 14.3 Å². The van der Waals surface area contributed by atoms with Crippen molar-refractivity contribution in [2.45, 2.75) is 13.0 Å². The van der Waals surface area contributed by atoms with Crippen LogP contribution in [0.25, 0.3) is 6.08 Å². The van der Waals surface area contributed by atoms with Crippen LogP contribution < -0.4 is 14.4 Å². The van der Waals surface area contributed by atoms with E-state index in [9.17, 15) is 0 Å². The summed E-state index contributed by atoms with van der Waals surface area (Å²) in [4.78, 5) is 13.4. The molecule has 3 heterocycles. The van der Waals surface area contributed by atoms with Crippen LogP contribution in [0, 0.1) is 5.92 Å². The first-order valence-corrected chi connectivity index (χ1v) is 12.4. The third-order valence-corrected chi connectivity index (χ3v) is 7.33. The molecular formula is C28H36N4O3. The number of oxime groups is 1. The van der Waals surface area contributed by atoms with Crippen LogP contribution in [0.2, 0.25) is 0 Å². The van der Waals surface area contributed by atoms with Gasteiger partial charge >= 0.3 is 0 Å². The summed E-state index contributed by atoms with van der Waals surface area (Å²) in [6.07, 6.45) is 2.36. The third-order valence-electron chi connectivity index (χ3n) is 7.33. The number of rotatable bonds is 7. The van der Waals surface area contributed by atoms with Crippen molar-refractivity contribution in [3.05, 3.63) is 59.2 Å². The molecule has 1 saturated heterocycles. The second-order valence-corrected chi connectivity index (χ2v) is 9.81. The van der Waals surface area contributed by atoms with Crippen molar-refractivity contribution in [3.8, 4) is 11.5 Å². The minimum absolute atomic E-state index is 0.0694. The van der Waals surface area contributed by atoms with E-state index in [0.29, 0.717) is 0 Å². The molecule has 0 aromatic heterocycles. The number of piperazine rings is 1. The number of hydrogen-bond donors (Lipinski definition) is 0. The molecule has 0 spiro atoms. The van der Waals surface area contributed by atoms with Crippen molar-refractivity contribution in [3.63, 3.8) is 0 Å². The van der Waals surface area contributed by atoms with Gasteiger partial charge in [-0.1, -0.05) is 47.1 Å². The highest BCUT2D eigenvalue weighted by atomic mass is 16.6. The molecule has 2 aromatic carbocycles. The Balaban J connectivity index is 1.18. The van der Waals surface area contributed by atoms with Crippen LogP contribution in [0.15, 0.2) is 53.2 Å². The van der Waals surface area contributed by atoms with E-state index in [2.05, 4.69) is 70.2 Å². The average molecular weight is 477 g/mol. The van der Waals surface area contributed by atoms with E-state index in [1.807, 2.05) is 12.1 Å². The van der Waals surface area contributed by atoms with Gasteiger partial charge in [0.25, 0.3) is 0 Å². The molecule has 0 unspecified atom stereocenters. The SMILES string of the molecule is COc1cc2c(cc1OC)N(C)C[C@@H]1C2=NO[C@H]1CN1CCN(C/C(C)=C/c2ccccc2)CC1. The fourth-order valence-electron chi connectivity index (χ4n) is 5.45. The Morgan fingerprint density at radius 3 is 2.43 bits per heavy atom. The lowest BCUT2D eigenvalue weighted by Crippen LogP contribution is -2.51. The van der Waals surface area contributed by atoms with Crippen molar-refractivity contribution in [2.24, 2.45) is 11.1 Å². The smallest absolute Gasteiger partial charge is 0.162 e. The zero-order valence-electron chi connectivity index (χ0n) is 21.2. The fraction of sp³-hybridized carbons (Fsp3) is 0.464. The molecule has 0 aliphatic carbocycles. The van der Waals surface area contributed by atoms with Crippen molar-refractivity contribution >= 4 is 17.5 Å². The third kappa shape index (κ3) is 5.02. The normalized spacial score (nSPS) is 22.8. The van der Waals surface area contributed by atoms with Gasteiger partial charge in [0.05, 0.1) is 25.8 Å². The summed E-state index contributed by atoms with van der Waals surface area (Å²) in [7, 11) is 5.46. The molecule has 0 saturated carbocycles. The summed E-state index contributed by atoms with van der Waals surface area (Å²) in [6.45, 7) is 9.29. The molecule has 2 aromatic rings. The standard InChI is InChI=1S/C28H36N4O3/c1-20(14-21-8-6-5-7-9-21)17-31-10-12-32(13-11-31)19-27-23-18-30(2)24-16-26(34-4)25(33-3)15-22(24)28(23)29-35-27/h5-9,14-16,23,27H,10-13,17-19H2,1-4H3/b20-14+/t23-,27-/m0/s1. The first kappa shape index (κ1) is 23.7. The molecule has 7 heteroatoms. The minimum atomic E-state index is 0.0694. The van der Waals surface area contributed by atoms with E-state index in [0.717, 1.165) is 74.3 Å². The average Bonchev–Trinajstić information content (AvgIpc) is 3.27. The van der Waals surface area contributed by atoms with E-state index in [4.69, 9.17) is 14.3 Å². The molecule has 0 N–H and O–H groups in total. The summed E-state index contributed by atoms with van der Waals surface area (Å²) in [5, 5.41) is 4.55. The van der Waals surface area contributed by atoms with Gasteiger partial charge in [-0.25, -0.2) is 0 Å². The predicted octanol–water partition coefficient (Wildman–Crippen LogP) is 3.59. The molecule has 5 rings (SSSR count). The van der Waals surface area contributed by atoms with Gasteiger partial charge < -0.3 is 19.2 Å². The summed E-state index contributed by atoms with van der Waals surface area (Å²) in [5.41, 5.74) is 5.89. The Bertz CT molecular complexity index is 1090. The molecule has 0 bridgehead atoms. The molecule has 3 aliphatic rings. The van der Waals surface area contributed by atoms with E-state index in [1.54, 1.807) is 14.2 Å². The van der Waals surface area contributed by atoms with Crippen molar-refractivity contribution in [1.29, 1.82) is 0 Å². The van der Waals surface area contributed by atoms with Crippen LogP contribution in [-0.2, 0) is 4.84 Å². The summed E-state index contributed by atoms with van der Waals surface area (Å²) in [5.74, 6) is 1.71. The Morgan fingerprint density at radius 2 is 1.71 bits per heavy atom. The number of anilines is 1. The lowest BCUT2D eigenvalue weighted by Gasteiger charge is -2.38. The van der Waals surface area contributed by atoms with E-state index >= 15 is 0 Å². The van der Waals surface area contributed by atoms with Gasteiger partial charge in [0, 0.05) is 70.2 Å². The first-order chi connectivity index (χ1) is 17.1. The molecule has 3 aliphatic heterocycles. The molecule has 2 atom stereocenters. The monoisotopic (exact) mass is 476 g/mol. The van der Waals surface area contributed by atoms with E-state index in [1.165, 1.54) is 11.1 Å².